The molecule has 1 aromatic heterocycles. The van der Waals surface area contributed by atoms with Gasteiger partial charge in [-0.25, -0.2) is 14.5 Å². The van der Waals surface area contributed by atoms with E-state index >= 15 is 0 Å². The minimum Gasteiger partial charge on any atom is -0.478 e. The van der Waals surface area contributed by atoms with E-state index in [1.807, 2.05) is 37.3 Å². The first-order valence-corrected chi connectivity index (χ1v) is 9.92. The molecule has 3 rings (SSSR count). The van der Waals surface area contributed by atoms with Crippen LogP contribution in [0.2, 0.25) is 0 Å². The van der Waals surface area contributed by atoms with Gasteiger partial charge in [0.25, 0.3) is 0 Å². The molecule has 0 unspecified atom stereocenters. The number of aromatic nitrogens is 3. The summed E-state index contributed by atoms with van der Waals surface area (Å²) in [6.45, 7) is 4.44. The van der Waals surface area contributed by atoms with Crippen LogP contribution >= 0.6 is 0 Å². The maximum Gasteiger partial charge on any atom is 0.336 e. The quantitative estimate of drug-likeness (QED) is 0.538. The first-order valence-electron chi connectivity index (χ1n) is 9.92. The topological polar surface area (TPSA) is 85.1 Å². The van der Waals surface area contributed by atoms with Crippen molar-refractivity contribution in [2.24, 2.45) is 0 Å². The number of hydrogen-bond donors (Lipinski definition) is 1. The number of aryl methyl sites for hydroxylation is 1. The Hall–Kier alpha value is -3.28. The van der Waals surface area contributed by atoms with Gasteiger partial charge in [-0.15, -0.1) is 5.10 Å². The molecular formula is C23H25N3O3. The van der Waals surface area contributed by atoms with Crippen LogP contribution in [0.1, 0.15) is 65.5 Å². The summed E-state index contributed by atoms with van der Waals surface area (Å²) in [5.74, 6) is 0.109. The van der Waals surface area contributed by atoms with E-state index < -0.39 is 5.97 Å². The van der Waals surface area contributed by atoms with Gasteiger partial charge in [0.1, 0.15) is 5.82 Å². The molecule has 0 radical (unpaired) electrons. The highest BCUT2D eigenvalue weighted by Crippen LogP contribution is 2.24. The van der Waals surface area contributed by atoms with E-state index in [1.54, 1.807) is 22.9 Å². The van der Waals surface area contributed by atoms with Gasteiger partial charge in [-0.05, 0) is 29.2 Å². The third kappa shape index (κ3) is 4.77. The number of Topliss-reactive ketones (excluding diaryl/α,β-unsaturated/α-hetero) is 1. The van der Waals surface area contributed by atoms with Gasteiger partial charge in [-0.2, -0.15) is 0 Å². The van der Waals surface area contributed by atoms with Crippen molar-refractivity contribution in [2.75, 3.05) is 0 Å². The molecule has 0 amide bonds. The van der Waals surface area contributed by atoms with E-state index in [0.29, 0.717) is 18.5 Å². The Labute approximate surface area is 170 Å². The van der Waals surface area contributed by atoms with Crippen molar-refractivity contribution in [1.82, 2.24) is 14.8 Å². The number of carboxylic acid groups (broad SMARTS) is 1. The third-order valence-electron chi connectivity index (χ3n) is 4.83. The highest BCUT2D eigenvalue weighted by molar-refractivity contribution is 5.96. The molecule has 0 aliphatic rings. The lowest BCUT2D eigenvalue weighted by Gasteiger charge is -2.09. The molecule has 1 N–H and O–H groups in total. The molecule has 6 nitrogen and oxygen atoms in total. The molecule has 0 aliphatic carbocycles. The summed E-state index contributed by atoms with van der Waals surface area (Å²) in [6, 6.07) is 14.7. The Morgan fingerprint density at radius 1 is 1.03 bits per heavy atom. The SMILES string of the molecule is CCCCc1nc(C(=O)CC)nn1Cc1ccc(-c2ccccc2C(=O)O)cc1. The molecule has 6 heteroatoms. The fourth-order valence-corrected chi connectivity index (χ4v) is 3.18. The average Bonchev–Trinajstić information content (AvgIpc) is 3.14. The second-order valence-electron chi connectivity index (χ2n) is 6.94. The largest absolute Gasteiger partial charge is 0.478 e. The Morgan fingerprint density at radius 2 is 1.76 bits per heavy atom. The molecule has 29 heavy (non-hydrogen) atoms. The number of carbonyl (C=O) groups is 2. The van der Waals surface area contributed by atoms with E-state index in [1.165, 1.54) is 0 Å². The fraction of sp³-hybridized carbons (Fsp3) is 0.304. The Bertz CT molecular complexity index is 1010. The molecular weight excluding hydrogens is 366 g/mol. The van der Waals surface area contributed by atoms with Crippen molar-refractivity contribution in [3.63, 3.8) is 0 Å². The van der Waals surface area contributed by atoms with Crippen LogP contribution in [0, 0.1) is 0 Å². The summed E-state index contributed by atoms with van der Waals surface area (Å²) in [7, 11) is 0. The van der Waals surface area contributed by atoms with Gasteiger partial charge in [0.2, 0.25) is 11.6 Å². The number of unbranched alkanes of at least 4 members (excludes halogenated alkanes) is 1. The molecule has 0 saturated carbocycles. The van der Waals surface area contributed by atoms with Gasteiger partial charge in [-0.3, -0.25) is 4.79 Å². The first kappa shape index (κ1) is 20.5. The predicted molar refractivity (Wildman–Crippen MR) is 111 cm³/mol. The minimum absolute atomic E-state index is 0.0536. The van der Waals surface area contributed by atoms with Crippen LogP contribution in [0.25, 0.3) is 11.1 Å². The van der Waals surface area contributed by atoms with Gasteiger partial charge < -0.3 is 5.11 Å². The second-order valence-corrected chi connectivity index (χ2v) is 6.94. The van der Waals surface area contributed by atoms with Crippen molar-refractivity contribution < 1.29 is 14.7 Å². The molecule has 0 atom stereocenters. The summed E-state index contributed by atoms with van der Waals surface area (Å²) in [6.07, 6.45) is 3.20. The Balaban J connectivity index is 1.85. The van der Waals surface area contributed by atoms with Gasteiger partial charge in [0.15, 0.2) is 0 Å². The normalized spacial score (nSPS) is 10.8. The zero-order chi connectivity index (χ0) is 20.8. The van der Waals surface area contributed by atoms with Gasteiger partial charge in [0.05, 0.1) is 12.1 Å². The summed E-state index contributed by atoms with van der Waals surface area (Å²) in [4.78, 5) is 27.9. The number of ketones is 1. The number of hydrogen-bond acceptors (Lipinski definition) is 4. The molecule has 0 spiro atoms. The van der Waals surface area contributed by atoms with Crippen molar-refractivity contribution >= 4 is 11.8 Å². The van der Waals surface area contributed by atoms with Crippen LogP contribution < -0.4 is 0 Å². The lowest BCUT2D eigenvalue weighted by atomic mass is 9.99. The summed E-state index contributed by atoms with van der Waals surface area (Å²) in [5.41, 5.74) is 2.82. The Kier molecular flexibility index (Phi) is 6.54. The standard InChI is InChI=1S/C23H25N3O3/c1-3-5-10-21-24-22(20(27)4-2)25-26(21)15-16-11-13-17(14-12-16)18-8-6-7-9-19(18)23(28)29/h6-9,11-14H,3-5,10,15H2,1-2H3,(H,28,29). The van der Waals surface area contributed by atoms with Crippen molar-refractivity contribution in [3.05, 3.63) is 71.3 Å². The highest BCUT2D eigenvalue weighted by Gasteiger charge is 2.15. The molecule has 0 bridgehead atoms. The number of nitrogens with zero attached hydrogens (tertiary/aromatic N) is 3. The lowest BCUT2D eigenvalue weighted by molar-refractivity contribution is 0.0697. The minimum atomic E-state index is -0.944. The lowest BCUT2D eigenvalue weighted by Crippen LogP contribution is -2.08. The molecule has 3 aromatic rings. The Morgan fingerprint density at radius 3 is 2.41 bits per heavy atom. The summed E-state index contributed by atoms with van der Waals surface area (Å²) >= 11 is 0. The van der Waals surface area contributed by atoms with E-state index in [9.17, 15) is 14.7 Å². The van der Waals surface area contributed by atoms with Crippen LogP contribution in [0.5, 0.6) is 0 Å². The zero-order valence-electron chi connectivity index (χ0n) is 16.8. The number of carbonyl (C=O) groups excluding carboxylic acids is 1. The van der Waals surface area contributed by atoms with Crippen LogP contribution in [0.3, 0.4) is 0 Å². The number of carboxylic acids is 1. The molecule has 0 aliphatic heterocycles. The molecule has 1 heterocycles. The maximum absolute atomic E-state index is 12.0. The van der Waals surface area contributed by atoms with Crippen LogP contribution in [0.15, 0.2) is 48.5 Å². The average molecular weight is 391 g/mol. The van der Waals surface area contributed by atoms with Gasteiger partial charge >= 0.3 is 5.97 Å². The number of benzene rings is 2. The van der Waals surface area contributed by atoms with E-state index in [4.69, 9.17) is 0 Å². The first-order chi connectivity index (χ1) is 14.0. The van der Waals surface area contributed by atoms with Crippen LogP contribution in [-0.2, 0) is 13.0 Å². The van der Waals surface area contributed by atoms with Crippen LogP contribution in [-0.4, -0.2) is 31.6 Å². The smallest absolute Gasteiger partial charge is 0.336 e. The van der Waals surface area contributed by atoms with Crippen LogP contribution in [0.4, 0.5) is 0 Å². The second kappa shape index (κ2) is 9.28. The predicted octanol–water partition coefficient (Wildman–Crippen LogP) is 4.63. The van der Waals surface area contributed by atoms with Crippen molar-refractivity contribution in [2.45, 2.75) is 46.1 Å². The fourth-order valence-electron chi connectivity index (χ4n) is 3.18. The van der Waals surface area contributed by atoms with E-state index in [0.717, 1.165) is 36.2 Å². The monoisotopic (exact) mass is 391 g/mol. The van der Waals surface area contributed by atoms with Crippen molar-refractivity contribution in [3.8, 4) is 11.1 Å². The van der Waals surface area contributed by atoms with Gasteiger partial charge in [0, 0.05) is 12.8 Å². The van der Waals surface area contributed by atoms with Crippen molar-refractivity contribution in [1.29, 1.82) is 0 Å². The summed E-state index contributed by atoms with van der Waals surface area (Å²) < 4.78 is 1.80. The third-order valence-corrected chi connectivity index (χ3v) is 4.83. The van der Waals surface area contributed by atoms with E-state index in [2.05, 4.69) is 17.0 Å². The summed E-state index contributed by atoms with van der Waals surface area (Å²) in [5, 5.41) is 13.8. The molecule has 150 valence electrons. The van der Waals surface area contributed by atoms with E-state index in [-0.39, 0.29) is 17.2 Å². The highest BCUT2D eigenvalue weighted by atomic mass is 16.4. The zero-order valence-corrected chi connectivity index (χ0v) is 16.8. The molecule has 0 saturated heterocycles. The maximum atomic E-state index is 12.0. The molecule has 2 aromatic carbocycles. The number of aromatic carboxylic acids is 1. The molecule has 0 fully saturated rings. The van der Waals surface area contributed by atoms with Gasteiger partial charge in [-0.1, -0.05) is 62.7 Å². The number of rotatable bonds is 9.